The number of hydrogen-bond donors (Lipinski definition) is 1. The summed E-state index contributed by atoms with van der Waals surface area (Å²) in [6.07, 6.45) is 2.50. The lowest BCUT2D eigenvalue weighted by Gasteiger charge is -2.11. The van der Waals surface area contributed by atoms with Gasteiger partial charge in [-0.1, -0.05) is 24.3 Å². The zero-order valence-electron chi connectivity index (χ0n) is 15.4. The summed E-state index contributed by atoms with van der Waals surface area (Å²) < 4.78 is 1.58. The summed E-state index contributed by atoms with van der Waals surface area (Å²) in [7, 11) is 0. The Bertz CT molecular complexity index is 1020. The van der Waals surface area contributed by atoms with Crippen molar-refractivity contribution in [2.45, 2.75) is 40.2 Å². The van der Waals surface area contributed by atoms with E-state index in [0.29, 0.717) is 24.8 Å². The van der Waals surface area contributed by atoms with Gasteiger partial charge in [0, 0.05) is 18.7 Å². The van der Waals surface area contributed by atoms with Gasteiger partial charge >= 0.3 is 0 Å². The summed E-state index contributed by atoms with van der Waals surface area (Å²) in [5.74, 6) is -0.0451. The second-order valence-corrected chi connectivity index (χ2v) is 6.61. The third kappa shape index (κ3) is 3.67. The summed E-state index contributed by atoms with van der Waals surface area (Å²) in [6, 6.07) is 11.5. The number of aromatic nitrogens is 2. The van der Waals surface area contributed by atoms with Crippen LogP contribution in [0.2, 0.25) is 0 Å². The molecule has 0 saturated heterocycles. The van der Waals surface area contributed by atoms with Gasteiger partial charge in [-0.15, -0.1) is 0 Å². The van der Waals surface area contributed by atoms with Crippen LogP contribution in [0.4, 0.5) is 5.69 Å². The number of benzene rings is 2. The van der Waals surface area contributed by atoms with E-state index in [-0.39, 0.29) is 11.5 Å². The van der Waals surface area contributed by atoms with Crippen LogP contribution in [-0.4, -0.2) is 15.5 Å². The molecule has 134 valence electrons. The number of nitrogens with zero attached hydrogens (tertiary/aromatic N) is 2. The smallest absolute Gasteiger partial charge is 0.261 e. The van der Waals surface area contributed by atoms with Gasteiger partial charge < -0.3 is 5.32 Å². The Hall–Kier alpha value is -2.95. The lowest BCUT2D eigenvalue weighted by molar-refractivity contribution is -0.116. The van der Waals surface area contributed by atoms with Crippen LogP contribution in [0.5, 0.6) is 0 Å². The standard InChI is InChI=1S/C21H23N3O2/c1-14-7-5-10-18(16(14)3)23-19(25)11-6-12-24-13-22-20-15(2)8-4-9-17(20)21(24)26/h4-5,7-10,13H,6,11-12H2,1-3H3,(H,23,25). The van der Waals surface area contributed by atoms with E-state index in [4.69, 9.17) is 0 Å². The number of anilines is 1. The summed E-state index contributed by atoms with van der Waals surface area (Å²) in [6.45, 7) is 6.42. The lowest BCUT2D eigenvalue weighted by atomic mass is 10.1. The number of carbonyl (C=O) groups is 1. The number of aryl methyl sites for hydroxylation is 3. The third-order valence-corrected chi connectivity index (χ3v) is 4.74. The molecule has 5 heteroatoms. The maximum Gasteiger partial charge on any atom is 0.261 e. The molecule has 1 N–H and O–H groups in total. The Morgan fingerprint density at radius 3 is 2.62 bits per heavy atom. The molecule has 26 heavy (non-hydrogen) atoms. The van der Waals surface area contributed by atoms with Crippen molar-refractivity contribution in [1.82, 2.24) is 9.55 Å². The number of amides is 1. The molecule has 0 saturated carbocycles. The number of nitrogens with one attached hydrogen (secondary N) is 1. The van der Waals surface area contributed by atoms with Gasteiger partial charge in [-0.05, 0) is 56.0 Å². The summed E-state index contributed by atoms with van der Waals surface area (Å²) >= 11 is 0. The molecule has 1 heterocycles. The fourth-order valence-electron chi connectivity index (χ4n) is 3.01. The molecule has 0 spiro atoms. The van der Waals surface area contributed by atoms with Crippen LogP contribution in [0.3, 0.4) is 0 Å². The third-order valence-electron chi connectivity index (χ3n) is 4.74. The van der Waals surface area contributed by atoms with Gasteiger partial charge in [0.2, 0.25) is 5.91 Å². The van der Waals surface area contributed by atoms with Crippen LogP contribution < -0.4 is 10.9 Å². The molecule has 1 amide bonds. The fraction of sp³-hybridized carbons (Fsp3) is 0.286. The van der Waals surface area contributed by atoms with Crippen LogP contribution >= 0.6 is 0 Å². The van der Waals surface area contributed by atoms with Crippen molar-refractivity contribution >= 4 is 22.5 Å². The summed E-state index contributed by atoms with van der Waals surface area (Å²) in [5.41, 5.74) is 4.72. The Kier molecular flexibility index (Phi) is 5.16. The van der Waals surface area contributed by atoms with E-state index >= 15 is 0 Å². The van der Waals surface area contributed by atoms with E-state index in [1.165, 1.54) is 0 Å². The molecule has 0 radical (unpaired) electrons. The van der Waals surface area contributed by atoms with Crippen LogP contribution in [0.1, 0.15) is 29.5 Å². The van der Waals surface area contributed by atoms with Gasteiger partial charge in [0.15, 0.2) is 0 Å². The number of fused-ring (bicyclic) bond motifs is 1. The van der Waals surface area contributed by atoms with E-state index in [2.05, 4.69) is 10.3 Å². The van der Waals surface area contributed by atoms with Crippen molar-refractivity contribution in [1.29, 1.82) is 0 Å². The molecule has 0 bridgehead atoms. The van der Waals surface area contributed by atoms with Gasteiger partial charge in [-0.25, -0.2) is 4.98 Å². The van der Waals surface area contributed by atoms with E-state index in [9.17, 15) is 9.59 Å². The molecule has 0 aliphatic rings. The number of hydrogen-bond acceptors (Lipinski definition) is 3. The van der Waals surface area contributed by atoms with Crippen molar-refractivity contribution in [3.05, 3.63) is 69.8 Å². The molecule has 0 fully saturated rings. The van der Waals surface area contributed by atoms with Gasteiger partial charge in [0.1, 0.15) is 0 Å². The van der Waals surface area contributed by atoms with Crippen molar-refractivity contribution in [2.75, 3.05) is 5.32 Å². The average Bonchev–Trinajstić information content (AvgIpc) is 2.61. The minimum Gasteiger partial charge on any atom is -0.326 e. The lowest BCUT2D eigenvalue weighted by Crippen LogP contribution is -2.22. The van der Waals surface area contributed by atoms with Crippen LogP contribution in [0, 0.1) is 20.8 Å². The van der Waals surface area contributed by atoms with Gasteiger partial charge in [-0.3, -0.25) is 14.2 Å². The number of carbonyl (C=O) groups excluding carboxylic acids is 1. The first-order chi connectivity index (χ1) is 12.5. The highest BCUT2D eigenvalue weighted by Gasteiger charge is 2.08. The molecular formula is C21H23N3O2. The first kappa shape index (κ1) is 17.9. The summed E-state index contributed by atoms with van der Waals surface area (Å²) in [5, 5.41) is 3.56. The molecule has 5 nitrogen and oxygen atoms in total. The topological polar surface area (TPSA) is 64.0 Å². The maximum absolute atomic E-state index is 12.6. The van der Waals surface area contributed by atoms with E-state index < -0.39 is 0 Å². The highest BCUT2D eigenvalue weighted by Crippen LogP contribution is 2.18. The maximum atomic E-state index is 12.6. The fourth-order valence-corrected chi connectivity index (χ4v) is 3.01. The minimum atomic E-state index is -0.0614. The first-order valence-electron chi connectivity index (χ1n) is 8.78. The average molecular weight is 349 g/mol. The van der Waals surface area contributed by atoms with Crippen molar-refractivity contribution in [2.24, 2.45) is 0 Å². The Morgan fingerprint density at radius 1 is 1.08 bits per heavy atom. The first-order valence-corrected chi connectivity index (χ1v) is 8.78. The second kappa shape index (κ2) is 7.52. The SMILES string of the molecule is Cc1cccc(NC(=O)CCCn2cnc3c(C)cccc3c2=O)c1C. The predicted octanol–water partition coefficient (Wildman–Crippen LogP) is 3.74. The van der Waals surface area contributed by atoms with E-state index in [1.54, 1.807) is 17.0 Å². The molecule has 3 rings (SSSR count). The molecule has 0 atom stereocenters. The zero-order chi connectivity index (χ0) is 18.7. The zero-order valence-corrected chi connectivity index (χ0v) is 15.4. The molecule has 0 unspecified atom stereocenters. The Morgan fingerprint density at radius 2 is 1.81 bits per heavy atom. The van der Waals surface area contributed by atoms with E-state index in [1.807, 2.05) is 51.1 Å². The Labute approximate surface area is 152 Å². The predicted molar refractivity (Wildman–Crippen MR) is 105 cm³/mol. The van der Waals surface area contributed by atoms with Crippen LogP contribution in [0.15, 0.2) is 47.5 Å². The van der Waals surface area contributed by atoms with Crippen LogP contribution in [-0.2, 0) is 11.3 Å². The largest absolute Gasteiger partial charge is 0.326 e. The molecule has 2 aromatic carbocycles. The molecular weight excluding hydrogens is 326 g/mol. The number of para-hydroxylation sites is 1. The summed E-state index contributed by atoms with van der Waals surface area (Å²) in [4.78, 5) is 29.1. The highest BCUT2D eigenvalue weighted by atomic mass is 16.1. The van der Waals surface area contributed by atoms with Crippen molar-refractivity contribution in [3.63, 3.8) is 0 Å². The van der Waals surface area contributed by atoms with Gasteiger partial charge in [0.05, 0.1) is 17.2 Å². The van der Waals surface area contributed by atoms with Crippen molar-refractivity contribution < 1.29 is 4.79 Å². The monoisotopic (exact) mass is 349 g/mol. The normalized spacial score (nSPS) is 10.9. The van der Waals surface area contributed by atoms with Gasteiger partial charge in [0.25, 0.3) is 5.56 Å². The molecule has 1 aromatic heterocycles. The molecule has 3 aromatic rings. The molecule has 0 aliphatic carbocycles. The van der Waals surface area contributed by atoms with Crippen molar-refractivity contribution in [3.8, 4) is 0 Å². The minimum absolute atomic E-state index is 0.0451. The highest BCUT2D eigenvalue weighted by molar-refractivity contribution is 5.91. The van der Waals surface area contributed by atoms with Gasteiger partial charge in [-0.2, -0.15) is 0 Å². The Balaban J connectivity index is 1.64. The van der Waals surface area contributed by atoms with Crippen LogP contribution in [0.25, 0.3) is 10.9 Å². The second-order valence-electron chi connectivity index (χ2n) is 6.61. The van der Waals surface area contributed by atoms with E-state index in [0.717, 1.165) is 27.9 Å². The quantitative estimate of drug-likeness (QED) is 0.763. The molecule has 0 aliphatic heterocycles. The number of rotatable bonds is 5.